The molecule has 1 rings (SSSR count). The zero-order valence-electron chi connectivity index (χ0n) is 7.23. The van der Waals surface area contributed by atoms with Crippen molar-refractivity contribution in [2.75, 3.05) is 6.61 Å². The van der Waals surface area contributed by atoms with Crippen LogP contribution in [0.4, 0.5) is 13.2 Å². The Bertz CT molecular complexity index is 327. The number of hydrogen-bond acceptors (Lipinski definition) is 2. The van der Waals surface area contributed by atoms with Gasteiger partial charge in [-0.2, -0.15) is 13.2 Å². The molecule has 0 atom stereocenters. The number of ether oxygens (including phenoxy) is 1. The Balaban J connectivity index is 2.72. The average Bonchev–Trinajstić information content (AvgIpc) is 2.05. The molecule has 0 N–H and O–H groups in total. The normalized spacial score (nSPS) is 11.5. The van der Waals surface area contributed by atoms with Crippen LogP contribution in [0.2, 0.25) is 0 Å². The molecule has 1 aromatic heterocycles. The zero-order valence-corrected chi connectivity index (χ0v) is 8.82. The zero-order chi connectivity index (χ0) is 10.8. The summed E-state index contributed by atoms with van der Waals surface area (Å²) in [5.41, 5.74) is 0.602. The molecule has 0 radical (unpaired) electrons. The van der Waals surface area contributed by atoms with Crippen molar-refractivity contribution in [3.8, 4) is 5.75 Å². The fraction of sp³-hybridized carbons (Fsp3) is 0.375. The molecule has 0 aliphatic heterocycles. The van der Waals surface area contributed by atoms with Crippen LogP contribution in [0.1, 0.15) is 5.69 Å². The maximum Gasteiger partial charge on any atom is 0.422 e. The number of aryl methyl sites for hydroxylation is 1. The molecule has 0 aliphatic carbocycles. The molecule has 2 nitrogen and oxygen atoms in total. The third-order valence-electron chi connectivity index (χ3n) is 1.35. The highest BCUT2D eigenvalue weighted by molar-refractivity contribution is 9.10. The van der Waals surface area contributed by atoms with Gasteiger partial charge in [-0.25, -0.2) is 0 Å². The standard InChI is InChI=1S/C8H7BrF3NO/c1-5-2-7(6(9)3-13-5)14-4-8(10,11)12/h2-3H,4H2,1H3. The lowest BCUT2D eigenvalue weighted by Crippen LogP contribution is -2.19. The lowest BCUT2D eigenvalue weighted by atomic mass is 10.3. The minimum Gasteiger partial charge on any atom is -0.483 e. The quantitative estimate of drug-likeness (QED) is 0.823. The Morgan fingerprint density at radius 3 is 2.71 bits per heavy atom. The van der Waals surface area contributed by atoms with Gasteiger partial charge in [0, 0.05) is 18.0 Å². The third kappa shape index (κ3) is 3.53. The van der Waals surface area contributed by atoms with Gasteiger partial charge in [-0.3, -0.25) is 4.98 Å². The van der Waals surface area contributed by atoms with Crippen LogP contribution in [0.15, 0.2) is 16.7 Å². The molecule has 0 saturated heterocycles. The van der Waals surface area contributed by atoms with E-state index >= 15 is 0 Å². The third-order valence-corrected chi connectivity index (χ3v) is 1.94. The van der Waals surface area contributed by atoms with Gasteiger partial charge in [-0.15, -0.1) is 0 Å². The lowest BCUT2D eigenvalue weighted by Gasteiger charge is -2.10. The van der Waals surface area contributed by atoms with Crippen molar-refractivity contribution in [2.45, 2.75) is 13.1 Å². The summed E-state index contributed by atoms with van der Waals surface area (Å²) in [7, 11) is 0. The van der Waals surface area contributed by atoms with Crippen molar-refractivity contribution >= 4 is 15.9 Å². The lowest BCUT2D eigenvalue weighted by molar-refractivity contribution is -0.153. The summed E-state index contributed by atoms with van der Waals surface area (Å²) >= 11 is 3.04. The first-order valence-electron chi connectivity index (χ1n) is 3.70. The van der Waals surface area contributed by atoms with Crippen LogP contribution in [0.3, 0.4) is 0 Å². The summed E-state index contributed by atoms with van der Waals surface area (Å²) in [5.74, 6) is 0.148. The molecule has 0 unspecified atom stereocenters. The van der Waals surface area contributed by atoms with Crippen LogP contribution in [0.5, 0.6) is 5.75 Å². The number of hydrogen-bond donors (Lipinski definition) is 0. The Hall–Kier alpha value is -0.780. The summed E-state index contributed by atoms with van der Waals surface area (Å²) in [5, 5.41) is 0. The van der Waals surface area contributed by atoms with E-state index in [9.17, 15) is 13.2 Å². The molecular formula is C8H7BrF3NO. The van der Waals surface area contributed by atoms with Crippen molar-refractivity contribution in [3.63, 3.8) is 0 Å². The Labute approximate surface area is 87.2 Å². The van der Waals surface area contributed by atoms with E-state index in [1.54, 1.807) is 6.92 Å². The van der Waals surface area contributed by atoms with E-state index in [0.29, 0.717) is 10.2 Å². The molecule has 0 aliphatic rings. The van der Waals surface area contributed by atoms with E-state index in [-0.39, 0.29) is 5.75 Å². The number of rotatable bonds is 2. The molecule has 1 aromatic rings. The fourth-order valence-corrected chi connectivity index (χ4v) is 1.12. The number of alkyl halides is 3. The first-order valence-corrected chi connectivity index (χ1v) is 4.49. The fourth-order valence-electron chi connectivity index (χ4n) is 0.788. The van der Waals surface area contributed by atoms with Crippen LogP contribution in [0, 0.1) is 6.92 Å². The predicted molar refractivity (Wildman–Crippen MR) is 48.2 cm³/mol. The molecule has 0 aromatic carbocycles. The molecular weight excluding hydrogens is 263 g/mol. The second kappa shape index (κ2) is 4.16. The van der Waals surface area contributed by atoms with Crippen molar-refractivity contribution in [2.24, 2.45) is 0 Å². The van der Waals surface area contributed by atoms with Gasteiger partial charge in [0.25, 0.3) is 0 Å². The first kappa shape index (κ1) is 11.3. The van der Waals surface area contributed by atoms with Crippen LogP contribution >= 0.6 is 15.9 Å². The number of nitrogens with zero attached hydrogens (tertiary/aromatic N) is 1. The molecule has 0 spiro atoms. The van der Waals surface area contributed by atoms with Gasteiger partial charge in [0.05, 0.1) is 4.47 Å². The molecule has 0 amide bonds. The van der Waals surface area contributed by atoms with Gasteiger partial charge in [0.15, 0.2) is 6.61 Å². The highest BCUT2D eigenvalue weighted by atomic mass is 79.9. The van der Waals surface area contributed by atoms with Gasteiger partial charge in [0.2, 0.25) is 0 Å². The predicted octanol–water partition coefficient (Wildman–Crippen LogP) is 3.09. The number of halogens is 4. The van der Waals surface area contributed by atoms with Crippen LogP contribution in [-0.4, -0.2) is 17.8 Å². The smallest absolute Gasteiger partial charge is 0.422 e. The van der Waals surface area contributed by atoms with Gasteiger partial charge in [-0.1, -0.05) is 0 Å². The Morgan fingerprint density at radius 2 is 2.14 bits per heavy atom. The molecule has 14 heavy (non-hydrogen) atoms. The highest BCUT2D eigenvalue weighted by Crippen LogP contribution is 2.26. The minimum absolute atomic E-state index is 0.148. The maximum absolute atomic E-state index is 11.8. The summed E-state index contributed by atoms with van der Waals surface area (Å²) in [6.45, 7) is 0.377. The summed E-state index contributed by atoms with van der Waals surface area (Å²) < 4.78 is 40.4. The summed E-state index contributed by atoms with van der Waals surface area (Å²) in [6, 6.07) is 1.44. The van der Waals surface area contributed by atoms with E-state index in [2.05, 4.69) is 25.7 Å². The second-order valence-corrected chi connectivity index (χ2v) is 3.51. The van der Waals surface area contributed by atoms with E-state index in [1.807, 2.05) is 0 Å². The van der Waals surface area contributed by atoms with Gasteiger partial charge >= 0.3 is 6.18 Å². The monoisotopic (exact) mass is 269 g/mol. The van der Waals surface area contributed by atoms with E-state index in [4.69, 9.17) is 0 Å². The molecule has 1 heterocycles. The van der Waals surface area contributed by atoms with Crippen molar-refractivity contribution < 1.29 is 17.9 Å². The van der Waals surface area contributed by atoms with Crippen LogP contribution in [0.25, 0.3) is 0 Å². The first-order chi connectivity index (χ1) is 6.38. The molecule has 0 fully saturated rings. The van der Waals surface area contributed by atoms with E-state index < -0.39 is 12.8 Å². The van der Waals surface area contributed by atoms with Crippen molar-refractivity contribution in [1.29, 1.82) is 0 Å². The van der Waals surface area contributed by atoms with Crippen LogP contribution < -0.4 is 4.74 Å². The Kier molecular flexibility index (Phi) is 3.36. The molecule has 0 bridgehead atoms. The molecule has 78 valence electrons. The van der Waals surface area contributed by atoms with E-state index in [0.717, 1.165) is 0 Å². The second-order valence-electron chi connectivity index (χ2n) is 2.66. The number of aromatic nitrogens is 1. The van der Waals surface area contributed by atoms with Gasteiger partial charge in [0.1, 0.15) is 5.75 Å². The van der Waals surface area contributed by atoms with Gasteiger partial charge in [-0.05, 0) is 22.9 Å². The SMILES string of the molecule is Cc1cc(OCC(F)(F)F)c(Br)cn1. The van der Waals surface area contributed by atoms with Crippen LogP contribution in [-0.2, 0) is 0 Å². The van der Waals surface area contributed by atoms with Gasteiger partial charge < -0.3 is 4.74 Å². The maximum atomic E-state index is 11.8. The largest absolute Gasteiger partial charge is 0.483 e. The Morgan fingerprint density at radius 1 is 1.50 bits per heavy atom. The van der Waals surface area contributed by atoms with E-state index in [1.165, 1.54) is 12.3 Å². The van der Waals surface area contributed by atoms with Crippen molar-refractivity contribution in [1.82, 2.24) is 4.98 Å². The van der Waals surface area contributed by atoms with Crippen molar-refractivity contribution in [3.05, 3.63) is 22.4 Å². The average molecular weight is 270 g/mol. The summed E-state index contributed by atoms with van der Waals surface area (Å²) in [4.78, 5) is 3.88. The topological polar surface area (TPSA) is 22.1 Å². The summed E-state index contributed by atoms with van der Waals surface area (Å²) in [6.07, 6.45) is -2.92. The minimum atomic E-state index is -4.32. The molecule has 6 heteroatoms. The number of pyridine rings is 1. The highest BCUT2D eigenvalue weighted by Gasteiger charge is 2.28. The molecule has 0 saturated carbocycles.